The number of benzene rings is 3. The molecule has 5 heteroatoms. The molecule has 0 amide bonds. The van der Waals surface area contributed by atoms with Crippen molar-refractivity contribution in [2.24, 2.45) is 0 Å². The highest BCUT2D eigenvalue weighted by atomic mass is 32.2. The van der Waals surface area contributed by atoms with Gasteiger partial charge in [0.1, 0.15) is 17.2 Å². The molecule has 0 aliphatic rings. The Labute approximate surface area is 166 Å². The highest BCUT2D eigenvalue weighted by Gasteiger charge is 2.18. The van der Waals surface area contributed by atoms with E-state index in [-0.39, 0.29) is 9.79 Å². The third-order valence-electron chi connectivity index (χ3n) is 4.88. The summed E-state index contributed by atoms with van der Waals surface area (Å²) >= 11 is 0. The SMILES string of the molecule is COc1cc(C)c(Oc2ccc(S(=O)(=O)c3ccc(C)cc3)cc2)c(C)c1C. The summed E-state index contributed by atoms with van der Waals surface area (Å²) < 4.78 is 37.0. The number of methoxy groups -OCH3 is 1. The fourth-order valence-electron chi connectivity index (χ4n) is 3.05. The van der Waals surface area contributed by atoms with E-state index in [2.05, 4.69) is 0 Å². The van der Waals surface area contributed by atoms with Crippen molar-refractivity contribution in [3.8, 4) is 17.2 Å². The molecule has 3 aromatic carbocycles. The zero-order valence-corrected chi connectivity index (χ0v) is 17.6. The lowest BCUT2D eigenvalue weighted by atomic mass is 10.0. The molecule has 0 unspecified atom stereocenters. The average molecular weight is 397 g/mol. The third kappa shape index (κ3) is 3.76. The molecule has 0 aromatic heterocycles. The molecule has 3 aromatic rings. The summed E-state index contributed by atoms with van der Waals surface area (Å²) in [4.78, 5) is 0.521. The van der Waals surface area contributed by atoms with Gasteiger partial charge in [-0.1, -0.05) is 17.7 Å². The Kier molecular flexibility index (Phi) is 5.47. The summed E-state index contributed by atoms with van der Waals surface area (Å²) in [5, 5.41) is 0. The molecule has 0 fully saturated rings. The van der Waals surface area contributed by atoms with Gasteiger partial charge in [-0.3, -0.25) is 0 Å². The Balaban J connectivity index is 1.90. The normalized spacial score (nSPS) is 11.3. The maximum absolute atomic E-state index is 12.8. The van der Waals surface area contributed by atoms with Crippen molar-refractivity contribution in [2.45, 2.75) is 37.5 Å². The fourth-order valence-corrected chi connectivity index (χ4v) is 4.31. The highest BCUT2D eigenvalue weighted by Crippen LogP contribution is 2.36. The van der Waals surface area contributed by atoms with Crippen molar-refractivity contribution in [1.82, 2.24) is 0 Å². The second-order valence-corrected chi connectivity index (χ2v) is 8.81. The zero-order chi connectivity index (χ0) is 20.5. The summed E-state index contributed by atoms with van der Waals surface area (Å²) in [6.45, 7) is 7.85. The van der Waals surface area contributed by atoms with Crippen LogP contribution in [0.25, 0.3) is 0 Å². The first-order chi connectivity index (χ1) is 13.2. The van der Waals surface area contributed by atoms with Gasteiger partial charge in [0.2, 0.25) is 9.84 Å². The predicted octanol–water partition coefficient (Wildman–Crippen LogP) is 5.55. The molecule has 146 valence electrons. The van der Waals surface area contributed by atoms with E-state index in [0.717, 1.165) is 33.8 Å². The van der Waals surface area contributed by atoms with Crippen molar-refractivity contribution in [3.05, 3.63) is 76.9 Å². The first kappa shape index (κ1) is 20.0. The van der Waals surface area contributed by atoms with Crippen molar-refractivity contribution in [2.75, 3.05) is 7.11 Å². The van der Waals surface area contributed by atoms with E-state index in [9.17, 15) is 8.42 Å². The van der Waals surface area contributed by atoms with Gasteiger partial charge in [0.05, 0.1) is 16.9 Å². The molecule has 28 heavy (non-hydrogen) atoms. The standard InChI is InChI=1S/C23H24O4S/c1-15-6-10-20(11-7-15)28(24,25)21-12-8-19(9-13-21)27-23-16(2)14-22(26-5)17(3)18(23)4/h6-14H,1-5H3. The number of rotatable bonds is 5. The van der Waals surface area contributed by atoms with E-state index in [0.29, 0.717) is 5.75 Å². The van der Waals surface area contributed by atoms with Crippen molar-refractivity contribution < 1.29 is 17.9 Å². The maximum Gasteiger partial charge on any atom is 0.206 e. The number of aryl methyl sites for hydroxylation is 2. The third-order valence-corrected chi connectivity index (χ3v) is 6.67. The largest absolute Gasteiger partial charge is 0.496 e. The first-order valence-corrected chi connectivity index (χ1v) is 10.5. The van der Waals surface area contributed by atoms with Gasteiger partial charge in [0.15, 0.2) is 0 Å². The minimum absolute atomic E-state index is 0.239. The molecule has 0 bridgehead atoms. The lowest BCUT2D eigenvalue weighted by Crippen LogP contribution is -2.02. The lowest BCUT2D eigenvalue weighted by molar-refractivity contribution is 0.408. The maximum atomic E-state index is 12.8. The van der Waals surface area contributed by atoms with E-state index in [1.807, 2.05) is 33.8 Å². The highest BCUT2D eigenvalue weighted by molar-refractivity contribution is 7.91. The number of hydrogen-bond donors (Lipinski definition) is 0. The second-order valence-electron chi connectivity index (χ2n) is 6.86. The van der Waals surface area contributed by atoms with E-state index < -0.39 is 9.84 Å². The van der Waals surface area contributed by atoms with Crippen LogP contribution in [0.15, 0.2) is 64.4 Å². The quantitative estimate of drug-likeness (QED) is 0.567. The molecule has 0 spiro atoms. The van der Waals surface area contributed by atoms with Gasteiger partial charge in [0.25, 0.3) is 0 Å². The summed E-state index contributed by atoms with van der Waals surface area (Å²) in [5.74, 6) is 2.16. The lowest BCUT2D eigenvalue weighted by Gasteiger charge is -2.16. The van der Waals surface area contributed by atoms with Crippen molar-refractivity contribution in [3.63, 3.8) is 0 Å². The van der Waals surface area contributed by atoms with E-state index in [4.69, 9.17) is 9.47 Å². The Morgan fingerprint density at radius 2 is 1.29 bits per heavy atom. The molecule has 0 aliphatic heterocycles. The average Bonchev–Trinajstić information content (AvgIpc) is 2.68. The summed E-state index contributed by atoms with van der Waals surface area (Å²) in [7, 11) is -1.90. The number of sulfone groups is 1. The van der Waals surface area contributed by atoms with Crippen LogP contribution in [0.2, 0.25) is 0 Å². The van der Waals surface area contributed by atoms with Gasteiger partial charge >= 0.3 is 0 Å². The monoisotopic (exact) mass is 396 g/mol. The molecule has 0 saturated heterocycles. The van der Waals surface area contributed by atoms with Crippen LogP contribution in [0.5, 0.6) is 17.2 Å². The fraction of sp³-hybridized carbons (Fsp3) is 0.217. The summed E-state index contributed by atoms with van der Waals surface area (Å²) in [6, 6.07) is 15.3. The molecule has 3 rings (SSSR count). The molecule has 0 atom stereocenters. The Hall–Kier alpha value is -2.79. The van der Waals surface area contributed by atoms with Gasteiger partial charge < -0.3 is 9.47 Å². The molecule has 0 aliphatic carbocycles. The molecule has 0 heterocycles. The molecular weight excluding hydrogens is 372 g/mol. The van der Waals surface area contributed by atoms with Crippen LogP contribution >= 0.6 is 0 Å². The summed E-state index contributed by atoms with van der Waals surface area (Å²) in [6.07, 6.45) is 0. The molecule has 0 radical (unpaired) electrons. The van der Waals surface area contributed by atoms with Crippen LogP contribution in [-0.2, 0) is 9.84 Å². The van der Waals surface area contributed by atoms with Crippen LogP contribution in [0, 0.1) is 27.7 Å². The van der Waals surface area contributed by atoms with Gasteiger partial charge in [-0.2, -0.15) is 0 Å². The molecule has 4 nitrogen and oxygen atoms in total. The van der Waals surface area contributed by atoms with Gasteiger partial charge in [-0.05, 0) is 86.8 Å². The van der Waals surface area contributed by atoms with Crippen LogP contribution in [0.3, 0.4) is 0 Å². The smallest absolute Gasteiger partial charge is 0.206 e. The van der Waals surface area contributed by atoms with Crippen molar-refractivity contribution in [1.29, 1.82) is 0 Å². The molecular formula is C23H24O4S. The Bertz CT molecular complexity index is 1100. The topological polar surface area (TPSA) is 52.6 Å². The van der Waals surface area contributed by atoms with Gasteiger partial charge in [-0.25, -0.2) is 8.42 Å². The van der Waals surface area contributed by atoms with Crippen molar-refractivity contribution >= 4 is 9.84 Å². The predicted molar refractivity (Wildman–Crippen MR) is 110 cm³/mol. The first-order valence-electron chi connectivity index (χ1n) is 8.98. The Morgan fingerprint density at radius 3 is 1.82 bits per heavy atom. The molecule has 0 saturated carbocycles. The van der Waals surface area contributed by atoms with E-state index in [1.165, 1.54) is 0 Å². The van der Waals surface area contributed by atoms with Crippen LogP contribution in [0.1, 0.15) is 22.3 Å². The van der Waals surface area contributed by atoms with Crippen LogP contribution < -0.4 is 9.47 Å². The number of hydrogen-bond acceptors (Lipinski definition) is 4. The van der Waals surface area contributed by atoms with Gasteiger partial charge in [0, 0.05) is 0 Å². The Morgan fingerprint density at radius 1 is 0.750 bits per heavy atom. The zero-order valence-electron chi connectivity index (χ0n) is 16.7. The second kappa shape index (κ2) is 7.68. The van der Waals surface area contributed by atoms with Crippen LogP contribution in [0.4, 0.5) is 0 Å². The van der Waals surface area contributed by atoms with E-state index >= 15 is 0 Å². The van der Waals surface area contributed by atoms with E-state index in [1.54, 1.807) is 55.6 Å². The minimum Gasteiger partial charge on any atom is -0.496 e. The minimum atomic E-state index is -3.55. The van der Waals surface area contributed by atoms with Gasteiger partial charge in [-0.15, -0.1) is 0 Å². The summed E-state index contributed by atoms with van der Waals surface area (Å²) in [5.41, 5.74) is 3.98. The molecule has 0 N–H and O–H groups in total. The number of ether oxygens (including phenoxy) is 2. The van der Waals surface area contributed by atoms with Crippen LogP contribution in [-0.4, -0.2) is 15.5 Å².